The van der Waals surface area contributed by atoms with Crippen molar-refractivity contribution in [3.63, 3.8) is 0 Å². The van der Waals surface area contributed by atoms with Gasteiger partial charge in [0.1, 0.15) is 11.9 Å². The van der Waals surface area contributed by atoms with E-state index in [2.05, 4.69) is 20.4 Å². The quantitative estimate of drug-likeness (QED) is 0.675. The second kappa shape index (κ2) is 10.6. The van der Waals surface area contributed by atoms with Crippen LogP contribution in [0, 0.1) is 12.7 Å². The highest BCUT2D eigenvalue weighted by Gasteiger charge is 2.35. The van der Waals surface area contributed by atoms with Crippen molar-refractivity contribution < 1.29 is 18.8 Å². The molecule has 4 rings (SSSR count). The van der Waals surface area contributed by atoms with E-state index in [0.29, 0.717) is 31.9 Å². The number of aryl methyl sites for hydroxylation is 1. The Morgan fingerprint density at radius 2 is 1.74 bits per heavy atom. The van der Waals surface area contributed by atoms with Gasteiger partial charge in [-0.2, -0.15) is 0 Å². The third kappa shape index (κ3) is 5.72. The molecule has 2 aliphatic heterocycles. The largest absolute Gasteiger partial charge is 0.369 e. The Bertz CT molecular complexity index is 1040. The van der Waals surface area contributed by atoms with Gasteiger partial charge in [0.25, 0.3) is 0 Å². The van der Waals surface area contributed by atoms with E-state index in [9.17, 15) is 18.8 Å². The van der Waals surface area contributed by atoms with Gasteiger partial charge in [0, 0.05) is 50.6 Å². The molecule has 2 N–H and O–H groups in total. The highest BCUT2D eigenvalue weighted by atomic mass is 19.1. The van der Waals surface area contributed by atoms with E-state index in [0.717, 1.165) is 24.3 Å². The molecule has 180 valence electrons. The summed E-state index contributed by atoms with van der Waals surface area (Å²) in [5.41, 5.74) is 2.58. The molecule has 0 spiro atoms. The van der Waals surface area contributed by atoms with Crippen LogP contribution < -0.4 is 15.5 Å². The molecule has 8 nitrogen and oxygen atoms in total. The molecule has 3 amide bonds. The number of piperazine rings is 2. The predicted molar refractivity (Wildman–Crippen MR) is 128 cm³/mol. The third-order valence-corrected chi connectivity index (χ3v) is 6.37. The smallest absolute Gasteiger partial charge is 0.243 e. The maximum atomic E-state index is 13.2. The molecule has 1 atom stereocenters. The fourth-order valence-electron chi connectivity index (χ4n) is 4.40. The SMILES string of the molecule is Cc1ccccc1NC(=O)CC1C(=O)NCCN1C(=O)CN1CCN(c2ccc(F)cc2)CC1. The molecule has 2 aliphatic rings. The summed E-state index contributed by atoms with van der Waals surface area (Å²) in [6.45, 7) is 5.66. The first-order valence-corrected chi connectivity index (χ1v) is 11.6. The van der Waals surface area contributed by atoms with Gasteiger partial charge >= 0.3 is 0 Å². The second-order valence-corrected chi connectivity index (χ2v) is 8.70. The molecule has 2 aromatic rings. The van der Waals surface area contributed by atoms with Gasteiger partial charge in [0.2, 0.25) is 17.7 Å². The van der Waals surface area contributed by atoms with Gasteiger partial charge < -0.3 is 20.4 Å². The summed E-state index contributed by atoms with van der Waals surface area (Å²) in [5, 5.41) is 5.62. The van der Waals surface area contributed by atoms with Crippen LogP contribution in [-0.4, -0.2) is 79.4 Å². The van der Waals surface area contributed by atoms with E-state index < -0.39 is 6.04 Å². The molecule has 2 saturated heterocycles. The molecule has 0 aromatic heterocycles. The number of halogens is 1. The highest BCUT2D eigenvalue weighted by Crippen LogP contribution is 2.18. The van der Waals surface area contributed by atoms with Gasteiger partial charge in [0.15, 0.2) is 0 Å². The number of hydrogen-bond donors (Lipinski definition) is 2. The minimum Gasteiger partial charge on any atom is -0.369 e. The molecule has 0 aliphatic carbocycles. The van der Waals surface area contributed by atoms with Crippen molar-refractivity contribution in [2.24, 2.45) is 0 Å². The molecule has 2 aromatic carbocycles. The molecule has 2 fully saturated rings. The van der Waals surface area contributed by atoms with Crippen molar-refractivity contribution in [2.75, 3.05) is 56.0 Å². The summed E-state index contributed by atoms with van der Waals surface area (Å²) in [6, 6.07) is 13.0. The third-order valence-electron chi connectivity index (χ3n) is 6.37. The van der Waals surface area contributed by atoms with Gasteiger partial charge in [-0.15, -0.1) is 0 Å². The first kappa shape index (κ1) is 23.7. The Kier molecular flexibility index (Phi) is 7.42. The van der Waals surface area contributed by atoms with Gasteiger partial charge in [-0.05, 0) is 42.8 Å². The molecular formula is C25H30FN5O3. The van der Waals surface area contributed by atoms with Crippen molar-refractivity contribution >= 4 is 29.1 Å². The number of carbonyl (C=O) groups excluding carboxylic acids is 3. The maximum Gasteiger partial charge on any atom is 0.243 e. The van der Waals surface area contributed by atoms with Crippen molar-refractivity contribution in [2.45, 2.75) is 19.4 Å². The first-order chi connectivity index (χ1) is 16.4. The Morgan fingerprint density at radius 3 is 2.44 bits per heavy atom. The molecule has 9 heteroatoms. The molecule has 34 heavy (non-hydrogen) atoms. The zero-order chi connectivity index (χ0) is 24.1. The van der Waals surface area contributed by atoms with Gasteiger partial charge in [0.05, 0.1) is 13.0 Å². The topological polar surface area (TPSA) is 85.0 Å². The molecule has 1 unspecified atom stereocenters. The second-order valence-electron chi connectivity index (χ2n) is 8.70. The monoisotopic (exact) mass is 467 g/mol. The average molecular weight is 468 g/mol. The van der Waals surface area contributed by atoms with E-state index in [-0.39, 0.29) is 36.5 Å². The standard InChI is InChI=1S/C25H30FN5O3/c1-18-4-2-3-5-21(18)28-23(32)16-22-25(34)27-10-11-31(22)24(33)17-29-12-14-30(15-13-29)20-8-6-19(26)7-9-20/h2-9,22H,10-17H2,1H3,(H,27,34)(H,28,32). The highest BCUT2D eigenvalue weighted by molar-refractivity contribution is 5.98. The number of amides is 3. The summed E-state index contributed by atoms with van der Waals surface area (Å²) in [5.74, 6) is -1.03. The van der Waals surface area contributed by atoms with Crippen molar-refractivity contribution in [1.82, 2.24) is 15.1 Å². The summed E-state index contributed by atoms with van der Waals surface area (Å²) in [6.07, 6.45) is -0.0930. The normalized spacial score (nSPS) is 19.0. The lowest BCUT2D eigenvalue weighted by molar-refractivity contribution is -0.145. The number of hydrogen-bond acceptors (Lipinski definition) is 5. The lowest BCUT2D eigenvalue weighted by Crippen LogP contribution is -2.60. The fraction of sp³-hybridized carbons (Fsp3) is 0.400. The van der Waals surface area contributed by atoms with Crippen molar-refractivity contribution in [3.05, 3.63) is 59.9 Å². The zero-order valence-corrected chi connectivity index (χ0v) is 19.3. The van der Waals surface area contributed by atoms with Crippen LogP contribution in [0.5, 0.6) is 0 Å². The lowest BCUT2D eigenvalue weighted by Gasteiger charge is -2.39. The van der Waals surface area contributed by atoms with Crippen LogP contribution in [0.1, 0.15) is 12.0 Å². The predicted octanol–water partition coefficient (Wildman–Crippen LogP) is 1.61. The number of benzene rings is 2. The molecule has 0 radical (unpaired) electrons. The van der Waals surface area contributed by atoms with Crippen LogP contribution in [0.3, 0.4) is 0 Å². The van der Waals surface area contributed by atoms with Crippen LogP contribution in [0.15, 0.2) is 48.5 Å². The van der Waals surface area contributed by atoms with Crippen LogP contribution in [0.4, 0.5) is 15.8 Å². The van der Waals surface area contributed by atoms with Gasteiger partial charge in [-0.25, -0.2) is 4.39 Å². The van der Waals surface area contributed by atoms with Gasteiger partial charge in [-0.3, -0.25) is 19.3 Å². The van der Waals surface area contributed by atoms with E-state index in [4.69, 9.17) is 0 Å². The van der Waals surface area contributed by atoms with Crippen molar-refractivity contribution in [3.8, 4) is 0 Å². The number of anilines is 2. The maximum absolute atomic E-state index is 13.2. The number of nitrogens with one attached hydrogen (secondary N) is 2. The van der Waals surface area contributed by atoms with Crippen molar-refractivity contribution in [1.29, 1.82) is 0 Å². The zero-order valence-electron chi connectivity index (χ0n) is 19.3. The molecular weight excluding hydrogens is 437 g/mol. The van der Waals surface area contributed by atoms with Crippen LogP contribution >= 0.6 is 0 Å². The Balaban J connectivity index is 1.32. The van der Waals surface area contributed by atoms with E-state index in [1.165, 1.54) is 17.0 Å². The minimum atomic E-state index is -0.828. The Hall–Kier alpha value is -3.46. The summed E-state index contributed by atoms with van der Waals surface area (Å²) in [4.78, 5) is 44.1. The van der Waals surface area contributed by atoms with Crippen LogP contribution in [-0.2, 0) is 14.4 Å². The first-order valence-electron chi connectivity index (χ1n) is 11.6. The number of para-hydroxylation sites is 1. The van der Waals surface area contributed by atoms with Crippen LogP contribution in [0.2, 0.25) is 0 Å². The summed E-state index contributed by atoms with van der Waals surface area (Å²) in [7, 11) is 0. The Labute approximate surface area is 198 Å². The Morgan fingerprint density at radius 1 is 1.03 bits per heavy atom. The summed E-state index contributed by atoms with van der Waals surface area (Å²) >= 11 is 0. The number of rotatable bonds is 6. The summed E-state index contributed by atoms with van der Waals surface area (Å²) < 4.78 is 13.2. The number of nitrogens with zero attached hydrogens (tertiary/aromatic N) is 3. The van der Waals surface area contributed by atoms with Crippen LogP contribution in [0.25, 0.3) is 0 Å². The average Bonchev–Trinajstić information content (AvgIpc) is 2.83. The lowest BCUT2D eigenvalue weighted by atomic mass is 10.1. The molecule has 0 bridgehead atoms. The van der Waals surface area contributed by atoms with E-state index >= 15 is 0 Å². The van der Waals surface area contributed by atoms with Gasteiger partial charge in [-0.1, -0.05) is 18.2 Å². The van der Waals surface area contributed by atoms with E-state index in [1.54, 1.807) is 12.1 Å². The fourth-order valence-corrected chi connectivity index (χ4v) is 4.40. The van der Waals surface area contributed by atoms with E-state index in [1.807, 2.05) is 31.2 Å². The molecule has 2 heterocycles. The minimum absolute atomic E-state index is 0.0930. The number of carbonyl (C=O) groups is 3. The molecule has 0 saturated carbocycles.